The number of alkyl halides is 3. The van der Waals surface area contributed by atoms with Crippen LogP contribution in [0.2, 0.25) is 15.1 Å². The van der Waals surface area contributed by atoms with Crippen LogP contribution in [0.4, 0.5) is 24.5 Å². The molecule has 5 nitrogen and oxygen atoms in total. The summed E-state index contributed by atoms with van der Waals surface area (Å²) in [5, 5.41) is 2.01. The Bertz CT molecular complexity index is 1010. The lowest BCUT2D eigenvalue weighted by Gasteiger charge is -2.23. The van der Waals surface area contributed by atoms with Gasteiger partial charge in [-0.1, -0.05) is 46.9 Å². The minimum absolute atomic E-state index is 0.0162. The highest BCUT2D eigenvalue weighted by Gasteiger charge is 2.34. The van der Waals surface area contributed by atoms with Crippen molar-refractivity contribution in [3.8, 4) is 0 Å². The molecule has 0 fully saturated rings. The molecule has 0 aliphatic carbocycles. The third kappa shape index (κ3) is 5.44. The summed E-state index contributed by atoms with van der Waals surface area (Å²) in [6.45, 7) is -0.831. The Labute approximate surface area is 174 Å². The number of hydrogen-bond donors (Lipinski definition) is 1. The minimum atomic E-state index is -4.70. The number of rotatable bonds is 5. The summed E-state index contributed by atoms with van der Waals surface area (Å²) < 4.78 is 64.0. The number of hydrogen-bond acceptors (Lipinski definition) is 3. The van der Waals surface area contributed by atoms with Gasteiger partial charge in [-0.25, -0.2) is 8.42 Å². The van der Waals surface area contributed by atoms with Crippen molar-refractivity contribution < 1.29 is 26.4 Å². The molecular formula is C16H12Cl3F3N2O3S. The number of nitrogens with zero attached hydrogens (tertiary/aromatic N) is 1. The first kappa shape index (κ1) is 22.6. The van der Waals surface area contributed by atoms with E-state index in [4.69, 9.17) is 34.8 Å². The van der Waals surface area contributed by atoms with Crippen molar-refractivity contribution in [2.75, 3.05) is 22.4 Å². The van der Waals surface area contributed by atoms with Gasteiger partial charge in [0, 0.05) is 0 Å². The van der Waals surface area contributed by atoms with E-state index in [0.717, 1.165) is 30.5 Å². The van der Waals surface area contributed by atoms with Gasteiger partial charge in [0.05, 0.1) is 38.3 Å². The van der Waals surface area contributed by atoms with Crippen LogP contribution >= 0.6 is 34.8 Å². The Balaban J connectivity index is 2.36. The maximum absolute atomic E-state index is 13.0. The average molecular weight is 476 g/mol. The van der Waals surface area contributed by atoms with Crippen LogP contribution in [0, 0.1) is 0 Å². The van der Waals surface area contributed by atoms with E-state index in [1.165, 1.54) is 12.1 Å². The molecule has 152 valence electrons. The Morgan fingerprint density at radius 1 is 1.07 bits per heavy atom. The van der Waals surface area contributed by atoms with E-state index in [1.807, 2.05) is 0 Å². The van der Waals surface area contributed by atoms with Gasteiger partial charge >= 0.3 is 6.18 Å². The standard InChI is InChI=1S/C16H12Cl3F3N2O3S/c1-28(26,27)24(14-7-11(18)10(17)6-12(14)19)8-15(25)23-13-5-3-2-4-9(13)16(20,21)22/h2-7H,8H2,1H3,(H,23,25). The molecule has 28 heavy (non-hydrogen) atoms. The third-order valence-electron chi connectivity index (χ3n) is 3.45. The summed E-state index contributed by atoms with van der Waals surface area (Å²) in [5.41, 5.74) is -1.71. The van der Waals surface area contributed by atoms with Crippen molar-refractivity contribution in [3.63, 3.8) is 0 Å². The first-order valence-corrected chi connectivity index (χ1v) is 10.4. The molecule has 0 aliphatic rings. The monoisotopic (exact) mass is 474 g/mol. The third-order valence-corrected chi connectivity index (χ3v) is 5.60. The van der Waals surface area contributed by atoms with Crippen LogP contribution in [0.15, 0.2) is 36.4 Å². The molecule has 0 saturated carbocycles. The molecule has 0 spiro atoms. The maximum atomic E-state index is 13.0. The number of benzene rings is 2. The predicted octanol–water partition coefficient (Wildman–Crippen LogP) is 5.07. The van der Waals surface area contributed by atoms with Gasteiger partial charge in [-0.05, 0) is 24.3 Å². The molecule has 0 radical (unpaired) electrons. The van der Waals surface area contributed by atoms with E-state index in [9.17, 15) is 26.4 Å². The second-order valence-corrected chi connectivity index (χ2v) is 8.71. The normalized spacial score (nSPS) is 12.0. The second-order valence-electron chi connectivity index (χ2n) is 5.58. The summed E-state index contributed by atoms with van der Waals surface area (Å²) in [7, 11) is -4.03. The minimum Gasteiger partial charge on any atom is -0.324 e. The molecule has 0 aromatic heterocycles. The van der Waals surface area contributed by atoms with Gasteiger partial charge in [0.25, 0.3) is 0 Å². The van der Waals surface area contributed by atoms with Crippen LogP contribution in [0.25, 0.3) is 0 Å². The first-order valence-electron chi connectivity index (χ1n) is 7.39. The zero-order valence-corrected chi connectivity index (χ0v) is 17.1. The van der Waals surface area contributed by atoms with Crippen molar-refractivity contribution >= 4 is 62.1 Å². The van der Waals surface area contributed by atoms with Crippen molar-refractivity contribution in [3.05, 3.63) is 57.0 Å². The van der Waals surface area contributed by atoms with Crippen LogP contribution in [0.5, 0.6) is 0 Å². The molecule has 0 heterocycles. The van der Waals surface area contributed by atoms with Crippen LogP contribution in [-0.4, -0.2) is 27.1 Å². The summed E-state index contributed by atoms with van der Waals surface area (Å²) >= 11 is 17.7. The Morgan fingerprint density at radius 3 is 2.21 bits per heavy atom. The maximum Gasteiger partial charge on any atom is 0.418 e. The molecule has 0 unspecified atom stereocenters. The Hall–Kier alpha value is -1.68. The second kappa shape index (κ2) is 8.36. The molecular weight excluding hydrogens is 464 g/mol. The fourth-order valence-corrected chi connectivity index (χ4v) is 3.80. The van der Waals surface area contributed by atoms with Crippen molar-refractivity contribution in [2.24, 2.45) is 0 Å². The van der Waals surface area contributed by atoms with E-state index < -0.39 is 39.9 Å². The van der Waals surface area contributed by atoms with E-state index in [2.05, 4.69) is 5.32 Å². The molecule has 12 heteroatoms. The van der Waals surface area contributed by atoms with Gasteiger partial charge in [-0.3, -0.25) is 9.10 Å². The van der Waals surface area contributed by atoms with E-state index in [-0.39, 0.29) is 20.8 Å². The summed E-state index contributed by atoms with van der Waals surface area (Å²) in [4.78, 5) is 12.3. The largest absolute Gasteiger partial charge is 0.418 e. The zero-order chi connectivity index (χ0) is 21.3. The SMILES string of the molecule is CS(=O)(=O)N(CC(=O)Nc1ccccc1C(F)(F)F)c1cc(Cl)c(Cl)cc1Cl. The predicted molar refractivity (Wildman–Crippen MR) is 104 cm³/mol. The van der Waals surface area contributed by atoms with Gasteiger partial charge in [-0.2, -0.15) is 13.2 Å². The van der Waals surface area contributed by atoms with Gasteiger partial charge in [0.1, 0.15) is 6.54 Å². The van der Waals surface area contributed by atoms with Gasteiger partial charge < -0.3 is 5.32 Å². The van der Waals surface area contributed by atoms with Gasteiger partial charge in [-0.15, -0.1) is 0 Å². The fourth-order valence-electron chi connectivity index (χ4n) is 2.24. The molecule has 2 aromatic carbocycles. The fraction of sp³-hybridized carbons (Fsp3) is 0.188. The average Bonchev–Trinajstić information content (AvgIpc) is 2.55. The van der Waals surface area contributed by atoms with Crippen molar-refractivity contribution in [1.82, 2.24) is 0 Å². The highest BCUT2D eigenvalue weighted by Crippen LogP contribution is 2.36. The van der Waals surface area contributed by atoms with E-state index >= 15 is 0 Å². The molecule has 0 bridgehead atoms. The van der Waals surface area contributed by atoms with Gasteiger partial charge in [0.15, 0.2) is 0 Å². The lowest BCUT2D eigenvalue weighted by atomic mass is 10.1. The molecule has 0 atom stereocenters. The first-order chi connectivity index (χ1) is 12.8. The molecule has 2 aromatic rings. The number of sulfonamides is 1. The number of para-hydroxylation sites is 1. The lowest BCUT2D eigenvalue weighted by molar-refractivity contribution is -0.137. The number of halogens is 6. The van der Waals surface area contributed by atoms with E-state index in [0.29, 0.717) is 4.31 Å². The van der Waals surface area contributed by atoms with Crippen LogP contribution in [-0.2, 0) is 21.0 Å². The number of carbonyl (C=O) groups excluding carboxylic acids is 1. The summed E-state index contributed by atoms with van der Waals surface area (Å²) in [6.07, 6.45) is -3.89. The quantitative estimate of drug-likeness (QED) is 0.614. The summed E-state index contributed by atoms with van der Waals surface area (Å²) in [6, 6.07) is 6.64. The highest BCUT2D eigenvalue weighted by atomic mass is 35.5. The Kier molecular flexibility index (Phi) is 6.75. The molecule has 1 amide bonds. The van der Waals surface area contributed by atoms with Gasteiger partial charge in [0.2, 0.25) is 15.9 Å². The highest BCUT2D eigenvalue weighted by molar-refractivity contribution is 7.92. The van der Waals surface area contributed by atoms with Crippen LogP contribution in [0.1, 0.15) is 5.56 Å². The number of anilines is 2. The lowest BCUT2D eigenvalue weighted by Crippen LogP contribution is -2.37. The number of carbonyl (C=O) groups is 1. The van der Waals surface area contributed by atoms with Crippen molar-refractivity contribution in [2.45, 2.75) is 6.18 Å². The van der Waals surface area contributed by atoms with E-state index in [1.54, 1.807) is 0 Å². The smallest absolute Gasteiger partial charge is 0.324 e. The molecule has 1 N–H and O–H groups in total. The molecule has 0 aliphatic heterocycles. The summed E-state index contributed by atoms with van der Waals surface area (Å²) in [5.74, 6) is -1.01. The van der Waals surface area contributed by atoms with Crippen LogP contribution in [0.3, 0.4) is 0 Å². The number of amides is 1. The Morgan fingerprint density at radius 2 is 1.64 bits per heavy atom. The zero-order valence-electron chi connectivity index (χ0n) is 14.0. The molecule has 0 saturated heterocycles. The van der Waals surface area contributed by atoms with Crippen LogP contribution < -0.4 is 9.62 Å². The number of nitrogens with one attached hydrogen (secondary N) is 1. The topological polar surface area (TPSA) is 66.5 Å². The van der Waals surface area contributed by atoms with Crippen molar-refractivity contribution in [1.29, 1.82) is 0 Å². The molecule has 2 rings (SSSR count).